The van der Waals surface area contributed by atoms with E-state index in [1.54, 1.807) is 23.5 Å². The third kappa shape index (κ3) is 3.67. The predicted molar refractivity (Wildman–Crippen MR) is 82.9 cm³/mol. The number of aliphatic hydroxyl groups excluding tert-OH is 1. The van der Waals surface area contributed by atoms with Gasteiger partial charge in [0.15, 0.2) is 0 Å². The van der Waals surface area contributed by atoms with Crippen LogP contribution in [0, 0.1) is 6.92 Å². The second-order valence-corrected chi connectivity index (χ2v) is 8.91. The van der Waals surface area contributed by atoms with E-state index in [9.17, 15) is 8.42 Å². The molecule has 2 N–H and O–H groups in total. The zero-order valence-corrected chi connectivity index (χ0v) is 13.7. The molecule has 1 unspecified atom stereocenters. The third-order valence-electron chi connectivity index (χ3n) is 2.78. The zero-order chi connectivity index (χ0) is 14.8. The van der Waals surface area contributed by atoms with Gasteiger partial charge in [0, 0.05) is 27.7 Å². The molecule has 1 atom stereocenters. The lowest BCUT2D eigenvalue weighted by Crippen LogP contribution is -2.25. The molecule has 0 radical (unpaired) electrons. The number of hydrogen-bond donors (Lipinski definition) is 2. The van der Waals surface area contributed by atoms with Gasteiger partial charge in [0.2, 0.25) is 0 Å². The SMILES string of the molecule is Cc1ccc(C(C)NS(=O)(=O)c2ccc(CCO)s2)s1. The Morgan fingerprint density at radius 1 is 1.25 bits per heavy atom. The molecular formula is C13H17NO3S3. The predicted octanol–water partition coefficient (Wildman–Crippen LogP) is 2.69. The van der Waals surface area contributed by atoms with Crippen molar-refractivity contribution in [1.29, 1.82) is 0 Å². The molecule has 0 aliphatic rings. The van der Waals surface area contributed by atoms with Crippen LogP contribution in [0.3, 0.4) is 0 Å². The summed E-state index contributed by atoms with van der Waals surface area (Å²) < 4.78 is 27.5. The fourth-order valence-electron chi connectivity index (χ4n) is 1.78. The molecule has 0 bridgehead atoms. The summed E-state index contributed by atoms with van der Waals surface area (Å²) >= 11 is 2.79. The fourth-order valence-corrected chi connectivity index (χ4v) is 5.32. The molecule has 7 heteroatoms. The molecule has 2 rings (SSSR count). The van der Waals surface area contributed by atoms with E-state index < -0.39 is 10.0 Å². The molecule has 0 amide bonds. The highest BCUT2D eigenvalue weighted by Gasteiger charge is 2.21. The van der Waals surface area contributed by atoms with Crippen LogP contribution in [0.15, 0.2) is 28.5 Å². The second-order valence-electron chi connectivity index (χ2n) is 4.49. The fraction of sp³-hybridized carbons (Fsp3) is 0.385. The van der Waals surface area contributed by atoms with Crippen molar-refractivity contribution in [3.05, 3.63) is 38.9 Å². The summed E-state index contributed by atoms with van der Waals surface area (Å²) in [7, 11) is -3.50. The summed E-state index contributed by atoms with van der Waals surface area (Å²) in [6.07, 6.45) is 0.486. The molecule has 2 aromatic heterocycles. The third-order valence-corrected chi connectivity index (χ3v) is 7.14. The van der Waals surface area contributed by atoms with Gasteiger partial charge in [-0.15, -0.1) is 22.7 Å². The van der Waals surface area contributed by atoms with Crippen LogP contribution in [-0.2, 0) is 16.4 Å². The second kappa shape index (κ2) is 6.36. The van der Waals surface area contributed by atoms with E-state index in [4.69, 9.17) is 5.11 Å². The molecule has 0 aliphatic carbocycles. The van der Waals surface area contributed by atoms with Gasteiger partial charge in [0.1, 0.15) is 4.21 Å². The Kier molecular flexibility index (Phi) is 4.98. The molecule has 0 aliphatic heterocycles. The Bertz CT molecular complexity index is 673. The number of thiophene rings is 2. The Labute approximate surface area is 127 Å². The number of sulfonamides is 1. The van der Waals surface area contributed by atoms with Gasteiger partial charge in [-0.25, -0.2) is 13.1 Å². The molecule has 2 aromatic rings. The van der Waals surface area contributed by atoms with Crippen molar-refractivity contribution in [2.75, 3.05) is 6.61 Å². The quantitative estimate of drug-likeness (QED) is 0.855. The lowest BCUT2D eigenvalue weighted by atomic mass is 10.3. The van der Waals surface area contributed by atoms with Gasteiger partial charge in [-0.05, 0) is 38.1 Å². The highest BCUT2D eigenvalue weighted by Crippen LogP contribution is 2.26. The average Bonchev–Trinajstić information content (AvgIpc) is 2.98. The first-order valence-electron chi connectivity index (χ1n) is 6.20. The summed E-state index contributed by atoms with van der Waals surface area (Å²) in [5, 5.41) is 8.87. The van der Waals surface area contributed by atoms with Crippen LogP contribution in [0.1, 0.15) is 27.6 Å². The van der Waals surface area contributed by atoms with Gasteiger partial charge < -0.3 is 5.11 Å². The maximum absolute atomic E-state index is 12.3. The molecular weight excluding hydrogens is 314 g/mol. The standard InChI is InChI=1S/C13H17NO3S3/c1-9-3-5-12(18-9)10(2)14-20(16,17)13-6-4-11(19-13)7-8-15/h3-6,10,14-15H,7-8H2,1-2H3. The van der Waals surface area contributed by atoms with Crippen molar-refractivity contribution in [3.8, 4) is 0 Å². The molecule has 0 spiro atoms. The van der Waals surface area contributed by atoms with Crippen LogP contribution in [0.2, 0.25) is 0 Å². The Balaban J connectivity index is 2.13. The molecule has 110 valence electrons. The van der Waals surface area contributed by atoms with Crippen molar-refractivity contribution in [3.63, 3.8) is 0 Å². The maximum atomic E-state index is 12.3. The smallest absolute Gasteiger partial charge is 0.250 e. The van der Waals surface area contributed by atoms with Gasteiger partial charge in [-0.1, -0.05) is 0 Å². The Morgan fingerprint density at radius 2 is 2.00 bits per heavy atom. The largest absolute Gasteiger partial charge is 0.396 e. The summed E-state index contributed by atoms with van der Waals surface area (Å²) in [6.45, 7) is 3.86. The highest BCUT2D eigenvalue weighted by atomic mass is 32.2. The minimum absolute atomic E-state index is 0.0261. The lowest BCUT2D eigenvalue weighted by molar-refractivity contribution is 0.300. The van der Waals surface area contributed by atoms with Gasteiger partial charge in [0.25, 0.3) is 10.0 Å². The van der Waals surface area contributed by atoms with E-state index in [1.807, 2.05) is 26.0 Å². The van der Waals surface area contributed by atoms with E-state index in [-0.39, 0.29) is 12.6 Å². The summed E-state index contributed by atoms with van der Waals surface area (Å²) in [4.78, 5) is 3.03. The number of rotatable bonds is 6. The summed E-state index contributed by atoms with van der Waals surface area (Å²) in [5.74, 6) is 0. The van der Waals surface area contributed by atoms with Crippen LogP contribution in [-0.4, -0.2) is 20.1 Å². The molecule has 2 heterocycles. The molecule has 0 saturated carbocycles. The van der Waals surface area contributed by atoms with Gasteiger partial charge in [-0.3, -0.25) is 0 Å². The van der Waals surface area contributed by atoms with E-state index in [1.165, 1.54) is 11.3 Å². The number of hydrogen-bond acceptors (Lipinski definition) is 5. The topological polar surface area (TPSA) is 66.4 Å². The van der Waals surface area contributed by atoms with Crippen molar-refractivity contribution in [2.45, 2.75) is 30.5 Å². The molecule has 20 heavy (non-hydrogen) atoms. The first-order chi connectivity index (χ1) is 9.42. The lowest BCUT2D eigenvalue weighted by Gasteiger charge is -2.11. The van der Waals surface area contributed by atoms with Crippen LogP contribution in [0.25, 0.3) is 0 Å². The summed E-state index contributed by atoms with van der Waals surface area (Å²) in [5.41, 5.74) is 0. The zero-order valence-electron chi connectivity index (χ0n) is 11.3. The molecule has 0 fully saturated rings. The first kappa shape index (κ1) is 15.7. The Morgan fingerprint density at radius 3 is 2.60 bits per heavy atom. The van der Waals surface area contributed by atoms with E-state index >= 15 is 0 Å². The normalized spacial score (nSPS) is 13.6. The van der Waals surface area contributed by atoms with Crippen molar-refractivity contribution in [1.82, 2.24) is 4.72 Å². The van der Waals surface area contributed by atoms with Crippen LogP contribution < -0.4 is 4.72 Å². The van der Waals surface area contributed by atoms with Crippen molar-refractivity contribution < 1.29 is 13.5 Å². The van der Waals surface area contributed by atoms with Crippen LogP contribution in [0.4, 0.5) is 0 Å². The molecule has 0 saturated heterocycles. The number of aliphatic hydroxyl groups is 1. The van der Waals surface area contributed by atoms with Gasteiger partial charge in [0.05, 0.1) is 6.04 Å². The van der Waals surface area contributed by atoms with E-state index in [0.29, 0.717) is 10.6 Å². The maximum Gasteiger partial charge on any atom is 0.250 e. The monoisotopic (exact) mass is 331 g/mol. The van der Waals surface area contributed by atoms with Crippen molar-refractivity contribution >= 4 is 32.7 Å². The van der Waals surface area contributed by atoms with Gasteiger partial charge in [-0.2, -0.15) is 0 Å². The highest BCUT2D eigenvalue weighted by molar-refractivity contribution is 7.91. The average molecular weight is 331 g/mol. The minimum Gasteiger partial charge on any atom is -0.396 e. The van der Waals surface area contributed by atoms with E-state index in [0.717, 1.165) is 14.6 Å². The van der Waals surface area contributed by atoms with Crippen LogP contribution >= 0.6 is 22.7 Å². The molecule has 0 aromatic carbocycles. The Hall–Kier alpha value is -0.730. The van der Waals surface area contributed by atoms with Gasteiger partial charge >= 0.3 is 0 Å². The number of aryl methyl sites for hydroxylation is 1. The summed E-state index contributed by atoms with van der Waals surface area (Å²) in [6, 6.07) is 7.01. The minimum atomic E-state index is -3.50. The first-order valence-corrected chi connectivity index (χ1v) is 9.32. The number of nitrogens with one attached hydrogen (secondary N) is 1. The molecule has 4 nitrogen and oxygen atoms in total. The van der Waals surface area contributed by atoms with Crippen molar-refractivity contribution in [2.24, 2.45) is 0 Å². The van der Waals surface area contributed by atoms with Crippen LogP contribution in [0.5, 0.6) is 0 Å². The van der Waals surface area contributed by atoms with E-state index in [2.05, 4.69) is 4.72 Å².